The van der Waals surface area contributed by atoms with E-state index in [4.69, 9.17) is 0 Å². The number of benzene rings is 2. The number of fused-ring (bicyclic) bond motifs is 2. The Hall–Kier alpha value is -4.26. The summed E-state index contributed by atoms with van der Waals surface area (Å²) in [6, 6.07) is 20.8. The number of H-pyrrole nitrogens is 1. The Morgan fingerprint density at radius 1 is 1.13 bits per heavy atom. The number of hydrogen-bond donors (Lipinski definition) is 2. The molecule has 6 rings (SSSR count). The normalized spacial score (nSPS) is 20.8. The van der Waals surface area contributed by atoms with Gasteiger partial charge in [-0.15, -0.1) is 0 Å². The number of halogens is 1. The van der Waals surface area contributed by atoms with Crippen LogP contribution in [0, 0.1) is 17.2 Å². The fourth-order valence-corrected chi connectivity index (χ4v) is 6.16. The molecule has 1 fully saturated rings. The van der Waals surface area contributed by atoms with Crippen LogP contribution >= 0.6 is 0 Å². The van der Waals surface area contributed by atoms with Gasteiger partial charge < -0.3 is 10.3 Å². The molecular formula is C31H29FN4O2. The molecule has 1 unspecified atom stereocenters. The first-order chi connectivity index (χ1) is 18.4. The zero-order valence-corrected chi connectivity index (χ0v) is 21.2. The molecule has 4 aromatic rings. The van der Waals surface area contributed by atoms with Crippen molar-refractivity contribution in [2.24, 2.45) is 11.3 Å². The maximum atomic E-state index is 13.5. The summed E-state index contributed by atoms with van der Waals surface area (Å²) in [5.41, 5.74) is 5.42. The minimum absolute atomic E-state index is 0.0531. The van der Waals surface area contributed by atoms with Crippen molar-refractivity contribution in [1.29, 1.82) is 0 Å². The number of hydrogen-bond acceptors (Lipinski definition) is 3. The molecule has 6 nitrogen and oxygen atoms in total. The van der Waals surface area contributed by atoms with E-state index in [1.54, 1.807) is 24.3 Å². The van der Waals surface area contributed by atoms with Gasteiger partial charge >= 0.3 is 0 Å². The summed E-state index contributed by atoms with van der Waals surface area (Å²) < 4.78 is 15.4. The summed E-state index contributed by atoms with van der Waals surface area (Å²) in [7, 11) is 0. The number of aromatic nitrogens is 3. The van der Waals surface area contributed by atoms with Crippen LogP contribution in [-0.4, -0.2) is 20.7 Å². The summed E-state index contributed by atoms with van der Waals surface area (Å²) in [6.45, 7) is 2.33. The molecule has 0 radical (unpaired) electrons. The Kier molecular flexibility index (Phi) is 6.06. The number of nitrogens with zero attached hydrogens (tertiary/aromatic N) is 2. The highest BCUT2D eigenvalue weighted by Gasteiger charge is 2.46. The third-order valence-corrected chi connectivity index (χ3v) is 8.26. The maximum Gasteiger partial charge on any atom is 0.268 e. The van der Waals surface area contributed by atoms with Crippen molar-refractivity contribution in [3.8, 4) is 5.69 Å². The van der Waals surface area contributed by atoms with E-state index in [1.807, 2.05) is 41.2 Å². The largest absolute Gasteiger partial charge is 0.344 e. The van der Waals surface area contributed by atoms with Gasteiger partial charge in [0.15, 0.2) is 0 Å². The van der Waals surface area contributed by atoms with Crippen molar-refractivity contribution in [3.05, 3.63) is 123 Å². The smallest absolute Gasteiger partial charge is 0.268 e. The van der Waals surface area contributed by atoms with Gasteiger partial charge in [-0.3, -0.25) is 9.59 Å². The highest BCUT2D eigenvalue weighted by atomic mass is 19.1. The SMILES string of the molecule is C[C@]12Cc3cnn(-c4ccc(F)cc4)c3C=C1CC[C@@H]2CC(NC(=O)c1cccc(=O)[nH]1)c1ccccc1. The van der Waals surface area contributed by atoms with E-state index in [1.165, 1.54) is 29.3 Å². The van der Waals surface area contributed by atoms with Crippen LogP contribution in [0.5, 0.6) is 0 Å². The molecule has 2 aromatic carbocycles. The third-order valence-electron chi connectivity index (χ3n) is 8.26. The molecule has 2 N–H and O–H groups in total. The van der Waals surface area contributed by atoms with Crippen LogP contribution in [0.1, 0.15) is 59.5 Å². The quantitative estimate of drug-likeness (QED) is 0.355. The van der Waals surface area contributed by atoms with Gasteiger partial charge in [0.1, 0.15) is 11.5 Å². The summed E-state index contributed by atoms with van der Waals surface area (Å²) >= 11 is 0. The Morgan fingerprint density at radius 3 is 2.68 bits per heavy atom. The zero-order valence-electron chi connectivity index (χ0n) is 21.2. The molecule has 38 heavy (non-hydrogen) atoms. The number of amides is 1. The second-order valence-corrected chi connectivity index (χ2v) is 10.5. The first-order valence-corrected chi connectivity index (χ1v) is 13.0. The molecule has 1 amide bonds. The number of carbonyl (C=O) groups excluding carboxylic acids is 1. The van der Waals surface area contributed by atoms with Crippen LogP contribution in [-0.2, 0) is 6.42 Å². The molecule has 2 aromatic heterocycles. The Bertz CT molecular complexity index is 1570. The third kappa shape index (κ3) is 4.38. The molecule has 3 atom stereocenters. The lowest BCUT2D eigenvalue weighted by atomic mass is 9.68. The lowest BCUT2D eigenvalue weighted by Gasteiger charge is -2.37. The van der Waals surface area contributed by atoms with Gasteiger partial charge in [0, 0.05) is 6.07 Å². The molecule has 7 heteroatoms. The van der Waals surface area contributed by atoms with E-state index in [2.05, 4.69) is 28.4 Å². The van der Waals surface area contributed by atoms with E-state index in [9.17, 15) is 14.0 Å². The van der Waals surface area contributed by atoms with E-state index in [-0.39, 0.29) is 34.4 Å². The Balaban J connectivity index is 1.28. The monoisotopic (exact) mass is 508 g/mol. The molecule has 2 aliphatic rings. The summed E-state index contributed by atoms with van der Waals surface area (Å²) in [4.78, 5) is 27.5. The van der Waals surface area contributed by atoms with Crippen molar-refractivity contribution in [2.75, 3.05) is 0 Å². The van der Waals surface area contributed by atoms with Crippen molar-refractivity contribution in [2.45, 2.75) is 38.6 Å². The lowest BCUT2D eigenvalue weighted by molar-refractivity contribution is 0.0918. The number of rotatable bonds is 6. The Labute approximate surface area is 220 Å². The summed E-state index contributed by atoms with van der Waals surface area (Å²) in [5, 5.41) is 7.82. The number of pyridine rings is 1. The minimum atomic E-state index is -0.300. The second kappa shape index (κ2) is 9.56. The van der Waals surface area contributed by atoms with Gasteiger partial charge in [0.2, 0.25) is 5.56 Å². The minimum Gasteiger partial charge on any atom is -0.344 e. The van der Waals surface area contributed by atoms with E-state index < -0.39 is 0 Å². The van der Waals surface area contributed by atoms with Crippen molar-refractivity contribution < 1.29 is 9.18 Å². The zero-order chi connectivity index (χ0) is 26.3. The van der Waals surface area contributed by atoms with Crippen LogP contribution in [0.4, 0.5) is 4.39 Å². The fourth-order valence-electron chi connectivity index (χ4n) is 6.16. The average Bonchev–Trinajstić information content (AvgIpc) is 3.47. The molecular weight excluding hydrogens is 479 g/mol. The predicted octanol–water partition coefficient (Wildman–Crippen LogP) is 5.62. The number of allylic oxidation sites excluding steroid dienone is 1. The van der Waals surface area contributed by atoms with Crippen LogP contribution in [0.2, 0.25) is 0 Å². The van der Waals surface area contributed by atoms with Gasteiger partial charge in [-0.25, -0.2) is 9.07 Å². The first-order valence-electron chi connectivity index (χ1n) is 13.0. The van der Waals surface area contributed by atoms with E-state index >= 15 is 0 Å². The molecule has 0 saturated heterocycles. The van der Waals surface area contributed by atoms with Gasteiger partial charge in [0.05, 0.1) is 23.6 Å². The standard InChI is InChI=1S/C31H29FN4O2/c1-31-18-21-19-33-36(25-14-12-24(32)13-15-25)28(21)17-23(31)11-10-22(31)16-27(20-6-3-2-4-7-20)35-30(38)26-8-5-9-29(37)34-26/h2-9,12-15,17,19,22,27H,10-11,16,18H2,1H3,(H,34,37)(H,35,38)/t22-,27?,31-/m1/s1. The van der Waals surface area contributed by atoms with Gasteiger partial charge in [0.25, 0.3) is 5.91 Å². The average molecular weight is 509 g/mol. The second-order valence-electron chi connectivity index (χ2n) is 10.5. The van der Waals surface area contributed by atoms with Crippen LogP contribution < -0.4 is 10.9 Å². The molecule has 0 aliphatic heterocycles. The highest BCUT2D eigenvalue weighted by Crippen LogP contribution is 2.55. The number of carbonyl (C=O) groups is 1. The van der Waals surface area contributed by atoms with E-state index in [0.717, 1.165) is 42.6 Å². The van der Waals surface area contributed by atoms with Crippen LogP contribution in [0.3, 0.4) is 0 Å². The van der Waals surface area contributed by atoms with Crippen molar-refractivity contribution >= 4 is 12.0 Å². The van der Waals surface area contributed by atoms with Crippen LogP contribution in [0.15, 0.2) is 89.4 Å². The Morgan fingerprint density at radius 2 is 1.92 bits per heavy atom. The number of aromatic amines is 1. The molecule has 0 bridgehead atoms. The van der Waals surface area contributed by atoms with Gasteiger partial charge in [-0.1, -0.05) is 48.9 Å². The molecule has 2 heterocycles. The summed E-state index contributed by atoms with van der Waals surface area (Å²) in [5.74, 6) is -0.212. The van der Waals surface area contributed by atoms with Crippen molar-refractivity contribution in [3.63, 3.8) is 0 Å². The van der Waals surface area contributed by atoms with Crippen LogP contribution in [0.25, 0.3) is 11.8 Å². The predicted molar refractivity (Wildman–Crippen MR) is 144 cm³/mol. The highest BCUT2D eigenvalue weighted by molar-refractivity contribution is 5.92. The van der Waals surface area contributed by atoms with E-state index in [0.29, 0.717) is 5.92 Å². The van der Waals surface area contributed by atoms with Crippen molar-refractivity contribution in [1.82, 2.24) is 20.1 Å². The molecule has 2 aliphatic carbocycles. The molecule has 192 valence electrons. The maximum absolute atomic E-state index is 13.5. The summed E-state index contributed by atoms with van der Waals surface area (Å²) in [6.07, 6.45) is 7.84. The number of nitrogens with one attached hydrogen (secondary N) is 2. The first kappa shape index (κ1) is 24.1. The van der Waals surface area contributed by atoms with Gasteiger partial charge in [-0.05, 0) is 84.6 Å². The lowest BCUT2D eigenvalue weighted by Crippen LogP contribution is -2.35. The molecule has 1 saturated carbocycles. The molecule has 0 spiro atoms. The topological polar surface area (TPSA) is 79.8 Å². The van der Waals surface area contributed by atoms with Gasteiger partial charge in [-0.2, -0.15) is 5.10 Å². The fraction of sp³-hybridized carbons (Fsp3) is 0.258.